The molecule has 6 nitrogen and oxygen atoms in total. The minimum absolute atomic E-state index is 0. The van der Waals surface area contributed by atoms with Gasteiger partial charge in [-0.25, -0.2) is 0 Å². The highest BCUT2D eigenvalue weighted by molar-refractivity contribution is 14.0. The highest BCUT2D eigenvalue weighted by atomic mass is 127. The van der Waals surface area contributed by atoms with E-state index < -0.39 is 0 Å². The smallest absolute Gasteiger partial charge is 0.242 e. The van der Waals surface area contributed by atoms with Crippen molar-refractivity contribution in [3.05, 3.63) is 30.3 Å². The Labute approximate surface area is 190 Å². The minimum Gasteiger partial charge on any atom is -0.368 e. The predicted molar refractivity (Wildman–Crippen MR) is 130 cm³/mol. The van der Waals surface area contributed by atoms with Crippen molar-refractivity contribution >= 4 is 53.3 Å². The zero-order valence-electron chi connectivity index (χ0n) is 16.8. The van der Waals surface area contributed by atoms with Gasteiger partial charge in [0.2, 0.25) is 5.91 Å². The second-order valence-electron chi connectivity index (χ2n) is 6.95. The summed E-state index contributed by atoms with van der Waals surface area (Å²) in [5.41, 5.74) is 1.23. The van der Waals surface area contributed by atoms with Crippen molar-refractivity contribution in [3.63, 3.8) is 0 Å². The molecule has 1 N–H and O–H groups in total. The summed E-state index contributed by atoms with van der Waals surface area (Å²) in [6.07, 6.45) is 1.17. The van der Waals surface area contributed by atoms with E-state index in [1.165, 1.54) is 12.1 Å². The summed E-state index contributed by atoms with van der Waals surface area (Å²) < 4.78 is 0. The molecule has 1 aromatic carbocycles. The zero-order chi connectivity index (χ0) is 19.1. The van der Waals surface area contributed by atoms with Crippen LogP contribution in [0.1, 0.15) is 13.3 Å². The largest absolute Gasteiger partial charge is 0.368 e. The van der Waals surface area contributed by atoms with Gasteiger partial charge in [-0.1, -0.05) is 25.1 Å². The Morgan fingerprint density at radius 1 is 1.14 bits per heavy atom. The van der Waals surface area contributed by atoms with Crippen LogP contribution in [0.5, 0.6) is 0 Å². The van der Waals surface area contributed by atoms with Gasteiger partial charge in [0.05, 0.1) is 6.54 Å². The van der Waals surface area contributed by atoms with Gasteiger partial charge in [-0.15, -0.1) is 24.0 Å². The highest BCUT2D eigenvalue weighted by Crippen LogP contribution is 2.21. The van der Waals surface area contributed by atoms with Crippen LogP contribution >= 0.6 is 35.7 Å². The first-order valence-electron chi connectivity index (χ1n) is 9.86. The SMILES string of the molecule is CCC1CN(C(=NC)NCC(=O)N2CCN(c3ccccc3)CC2)CCS1.I. The zero-order valence-corrected chi connectivity index (χ0v) is 20.0. The number of thioether (sulfide) groups is 1. The minimum atomic E-state index is 0. The number of anilines is 1. The van der Waals surface area contributed by atoms with E-state index in [1.54, 1.807) is 7.05 Å². The molecule has 1 atom stereocenters. The lowest BCUT2D eigenvalue weighted by atomic mass is 10.2. The van der Waals surface area contributed by atoms with Crippen LogP contribution in [-0.2, 0) is 4.79 Å². The number of benzene rings is 1. The molecule has 2 aliphatic rings. The molecule has 0 aromatic heterocycles. The maximum atomic E-state index is 12.6. The molecule has 0 aliphatic carbocycles. The molecule has 1 amide bonds. The van der Waals surface area contributed by atoms with Crippen LogP contribution in [0.15, 0.2) is 35.3 Å². The number of hydrogen-bond acceptors (Lipinski definition) is 4. The number of aliphatic imine (C=N–C) groups is 1. The third-order valence-electron chi connectivity index (χ3n) is 5.26. The molecule has 0 saturated carbocycles. The lowest BCUT2D eigenvalue weighted by molar-refractivity contribution is -0.130. The van der Waals surface area contributed by atoms with E-state index in [1.807, 2.05) is 22.7 Å². The summed E-state index contributed by atoms with van der Waals surface area (Å²) >= 11 is 2.04. The Morgan fingerprint density at radius 2 is 1.86 bits per heavy atom. The van der Waals surface area contributed by atoms with Crippen molar-refractivity contribution in [2.24, 2.45) is 4.99 Å². The van der Waals surface area contributed by atoms with E-state index in [0.717, 1.165) is 51.0 Å². The Balaban J connectivity index is 0.00000280. The van der Waals surface area contributed by atoms with Crippen LogP contribution in [0.2, 0.25) is 0 Å². The number of guanidine groups is 1. The van der Waals surface area contributed by atoms with Crippen LogP contribution in [0, 0.1) is 0 Å². The molecule has 0 radical (unpaired) electrons. The number of nitrogens with zero attached hydrogens (tertiary/aromatic N) is 4. The molecule has 2 fully saturated rings. The fraction of sp³-hybridized carbons (Fsp3) is 0.600. The summed E-state index contributed by atoms with van der Waals surface area (Å²) in [5, 5.41) is 3.94. The van der Waals surface area contributed by atoms with Crippen molar-refractivity contribution in [2.75, 3.05) is 63.5 Å². The Hall–Kier alpha value is -1.16. The van der Waals surface area contributed by atoms with E-state index in [2.05, 4.69) is 51.3 Å². The molecule has 0 spiro atoms. The van der Waals surface area contributed by atoms with Crippen LogP contribution in [0.25, 0.3) is 0 Å². The average Bonchev–Trinajstić information content (AvgIpc) is 2.75. The van der Waals surface area contributed by atoms with Gasteiger partial charge in [0.1, 0.15) is 0 Å². The number of para-hydroxylation sites is 1. The van der Waals surface area contributed by atoms with E-state index in [9.17, 15) is 4.79 Å². The van der Waals surface area contributed by atoms with E-state index >= 15 is 0 Å². The van der Waals surface area contributed by atoms with Crippen molar-refractivity contribution < 1.29 is 4.79 Å². The van der Waals surface area contributed by atoms with Gasteiger partial charge in [0.25, 0.3) is 0 Å². The van der Waals surface area contributed by atoms with Gasteiger partial charge in [-0.2, -0.15) is 11.8 Å². The number of carbonyl (C=O) groups is 1. The van der Waals surface area contributed by atoms with Gasteiger partial charge in [-0.05, 0) is 18.6 Å². The van der Waals surface area contributed by atoms with Crippen molar-refractivity contribution in [3.8, 4) is 0 Å². The molecule has 2 heterocycles. The summed E-state index contributed by atoms with van der Waals surface area (Å²) in [4.78, 5) is 23.6. The topological polar surface area (TPSA) is 51.2 Å². The highest BCUT2D eigenvalue weighted by Gasteiger charge is 2.24. The van der Waals surface area contributed by atoms with Gasteiger partial charge < -0.3 is 20.0 Å². The standard InChI is InChI=1S/C20H31N5OS.HI/c1-3-18-16-25(13-14-27-18)20(21-2)22-15-19(26)24-11-9-23(10-12-24)17-7-5-4-6-8-17;/h4-8,18H,3,9-16H2,1-2H3,(H,21,22);1H. The Kier molecular flexibility index (Phi) is 9.70. The number of rotatable bonds is 4. The summed E-state index contributed by atoms with van der Waals surface area (Å²) in [6.45, 7) is 7.85. The van der Waals surface area contributed by atoms with Gasteiger partial charge in [-0.3, -0.25) is 9.79 Å². The van der Waals surface area contributed by atoms with Gasteiger partial charge in [0, 0.05) is 63.0 Å². The summed E-state index contributed by atoms with van der Waals surface area (Å²) in [5.74, 6) is 2.13. The van der Waals surface area contributed by atoms with Crippen LogP contribution in [0.4, 0.5) is 5.69 Å². The molecule has 2 saturated heterocycles. The first-order chi connectivity index (χ1) is 13.2. The number of piperazine rings is 1. The molecule has 3 rings (SSSR count). The van der Waals surface area contributed by atoms with Gasteiger partial charge in [0.15, 0.2) is 5.96 Å². The lowest BCUT2D eigenvalue weighted by Crippen LogP contribution is -2.53. The number of carbonyl (C=O) groups excluding carboxylic acids is 1. The molecule has 1 aromatic rings. The van der Waals surface area contributed by atoms with Crippen LogP contribution in [-0.4, -0.2) is 85.5 Å². The fourth-order valence-corrected chi connectivity index (χ4v) is 4.79. The van der Waals surface area contributed by atoms with E-state index in [4.69, 9.17) is 0 Å². The average molecular weight is 517 g/mol. The second-order valence-corrected chi connectivity index (χ2v) is 8.36. The molecule has 1 unspecified atom stereocenters. The molecular weight excluding hydrogens is 485 g/mol. The third kappa shape index (κ3) is 6.17. The lowest BCUT2D eigenvalue weighted by Gasteiger charge is -2.37. The quantitative estimate of drug-likeness (QED) is 0.378. The van der Waals surface area contributed by atoms with Crippen LogP contribution < -0.4 is 10.2 Å². The number of nitrogens with one attached hydrogen (secondary N) is 1. The normalized spacial score (nSPS) is 20.6. The monoisotopic (exact) mass is 517 g/mol. The van der Waals surface area contributed by atoms with Crippen molar-refractivity contribution in [1.82, 2.24) is 15.1 Å². The Morgan fingerprint density at radius 3 is 2.50 bits per heavy atom. The first-order valence-corrected chi connectivity index (χ1v) is 10.9. The predicted octanol–water partition coefficient (Wildman–Crippen LogP) is 2.36. The fourth-order valence-electron chi connectivity index (χ4n) is 3.61. The number of amides is 1. The van der Waals surface area contributed by atoms with Crippen molar-refractivity contribution in [2.45, 2.75) is 18.6 Å². The molecular formula is C20H32IN5OS. The number of hydrogen-bond donors (Lipinski definition) is 1. The van der Waals surface area contributed by atoms with Crippen molar-refractivity contribution in [1.29, 1.82) is 0 Å². The van der Waals surface area contributed by atoms with Gasteiger partial charge >= 0.3 is 0 Å². The van der Waals surface area contributed by atoms with E-state index in [-0.39, 0.29) is 29.9 Å². The van der Waals surface area contributed by atoms with E-state index in [0.29, 0.717) is 11.8 Å². The maximum Gasteiger partial charge on any atom is 0.242 e. The number of halogens is 1. The second kappa shape index (κ2) is 11.7. The summed E-state index contributed by atoms with van der Waals surface area (Å²) in [7, 11) is 1.80. The third-order valence-corrected chi connectivity index (χ3v) is 6.63. The summed E-state index contributed by atoms with van der Waals surface area (Å²) in [6, 6.07) is 10.4. The molecule has 8 heteroatoms. The maximum absolute atomic E-state index is 12.6. The Bertz CT molecular complexity index is 637. The van der Waals surface area contributed by atoms with Crippen LogP contribution in [0.3, 0.4) is 0 Å². The molecule has 0 bridgehead atoms. The first kappa shape index (κ1) is 23.1. The molecule has 156 valence electrons. The molecule has 2 aliphatic heterocycles. The molecule has 28 heavy (non-hydrogen) atoms.